The smallest absolute Gasteiger partial charge is 0.334 e. The monoisotopic (exact) mass is 594 g/mol. The van der Waals surface area contributed by atoms with Crippen molar-refractivity contribution in [2.75, 3.05) is 18.0 Å². The van der Waals surface area contributed by atoms with E-state index in [9.17, 15) is 18.4 Å². The van der Waals surface area contributed by atoms with Gasteiger partial charge in [0.15, 0.2) is 0 Å². The van der Waals surface area contributed by atoms with E-state index in [0.29, 0.717) is 41.2 Å². The van der Waals surface area contributed by atoms with E-state index >= 15 is 0 Å². The number of amides is 1. The quantitative estimate of drug-likeness (QED) is 0.342. The second-order valence-corrected chi connectivity index (χ2v) is 12.2. The van der Waals surface area contributed by atoms with E-state index in [1.165, 1.54) is 4.90 Å². The van der Waals surface area contributed by atoms with Gasteiger partial charge in [0.25, 0.3) is 5.91 Å². The molecular formula is C30H36F2N8O3. The van der Waals surface area contributed by atoms with Gasteiger partial charge in [0.05, 0.1) is 16.7 Å². The van der Waals surface area contributed by atoms with Crippen LogP contribution in [-0.2, 0) is 11.3 Å². The van der Waals surface area contributed by atoms with Crippen molar-refractivity contribution in [3.63, 3.8) is 0 Å². The SMILES string of the molecule is Cc1cncc(-c2nc(-c3noc(=O)[nH]3)cc3nc(N4[C@H](C)CN(C(=O)C(F)F)C[C@H]4C)n(CC4CCC(C)CC4)c23)c1. The molecule has 1 saturated carbocycles. The van der Waals surface area contributed by atoms with Crippen LogP contribution in [0.25, 0.3) is 33.8 Å². The van der Waals surface area contributed by atoms with E-state index in [0.717, 1.165) is 42.3 Å². The largest absolute Gasteiger partial charge is 0.439 e. The number of imidazole rings is 1. The van der Waals surface area contributed by atoms with Crippen molar-refractivity contribution in [2.24, 2.45) is 11.8 Å². The normalized spacial score (nSPS) is 23.0. The molecule has 0 radical (unpaired) electrons. The van der Waals surface area contributed by atoms with Crippen LogP contribution in [0.5, 0.6) is 0 Å². The minimum Gasteiger partial charge on any atom is -0.334 e. The first-order valence-electron chi connectivity index (χ1n) is 14.8. The van der Waals surface area contributed by atoms with Crippen LogP contribution in [0, 0.1) is 18.8 Å². The molecule has 5 heterocycles. The van der Waals surface area contributed by atoms with Crippen LogP contribution >= 0.6 is 0 Å². The number of rotatable bonds is 6. The lowest BCUT2D eigenvalue weighted by atomic mass is 9.83. The molecular weight excluding hydrogens is 558 g/mol. The molecule has 2 atom stereocenters. The Morgan fingerprint density at radius 3 is 2.42 bits per heavy atom. The Labute approximate surface area is 247 Å². The summed E-state index contributed by atoms with van der Waals surface area (Å²) in [7, 11) is 0. The topological polar surface area (TPSA) is 126 Å². The van der Waals surface area contributed by atoms with Crippen LogP contribution in [0.2, 0.25) is 0 Å². The van der Waals surface area contributed by atoms with Gasteiger partial charge in [-0.1, -0.05) is 24.9 Å². The number of anilines is 1. The lowest BCUT2D eigenvalue weighted by Crippen LogP contribution is -2.59. The van der Waals surface area contributed by atoms with Crippen LogP contribution in [0.4, 0.5) is 14.7 Å². The predicted octanol–water partition coefficient (Wildman–Crippen LogP) is 4.66. The van der Waals surface area contributed by atoms with Crippen molar-refractivity contribution in [1.29, 1.82) is 0 Å². The van der Waals surface area contributed by atoms with Crippen molar-refractivity contribution in [1.82, 2.24) is 34.6 Å². The molecule has 2 fully saturated rings. The number of carbonyl (C=O) groups is 1. The lowest BCUT2D eigenvalue weighted by Gasteiger charge is -2.45. The zero-order chi connectivity index (χ0) is 30.4. The molecule has 2 aliphatic rings. The molecule has 0 bridgehead atoms. The summed E-state index contributed by atoms with van der Waals surface area (Å²) in [6.07, 6.45) is 4.99. The Kier molecular flexibility index (Phi) is 7.74. The summed E-state index contributed by atoms with van der Waals surface area (Å²) >= 11 is 0. The molecule has 228 valence electrons. The standard InChI is InChI=1S/C30H36F2N8O3/c1-16-5-7-20(8-6-16)15-39-25-22(35-29(39)40-18(3)13-38(14-19(40)4)28(41)26(31)32)10-23(27-36-30(42)43-37-27)34-24(25)21-9-17(2)11-33-12-21/h9-12,16,18-20,26H,5-8,13-15H2,1-4H3,(H,36,37,42)/t16?,18-,19-,20?/m1/s1. The minimum atomic E-state index is -3.04. The number of piperazine rings is 1. The number of fused-ring (bicyclic) bond motifs is 1. The van der Waals surface area contributed by atoms with Crippen LogP contribution in [-0.4, -0.2) is 72.1 Å². The summed E-state index contributed by atoms with van der Waals surface area (Å²) in [5.41, 5.74) is 4.25. The minimum absolute atomic E-state index is 0.163. The average molecular weight is 595 g/mol. The van der Waals surface area contributed by atoms with Crippen molar-refractivity contribution >= 4 is 22.9 Å². The Morgan fingerprint density at radius 2 is 1.79 bits per heavy atom. The number of alkyl halides is 2. The molecule has 1 amide bonds. The fourth-order valence-electron chi connectivity index (χ4n) is 6.67. The summed E-state index contributed by atoms with van der Waals surface area (Å²) in [5.74, 6) is 0.174. The third kappa shape index (κ3) is 5.64. The fourth-order valence-corrected chi connectivity index (χ4v) is 6.67. The summed E-state index contributed by atoms with van der Waals surface area (Å²) in [4.78, 5) is 44.5. The number of pyridine rings is 2. The Bertz CT molecular complexity index is 1680. The number of H-pyrrole nitrogens is 1. The molecule has 43 heavy (non-hydrogen) atoms. The Morgan fingerprint density at radius 1 is 1.07 bits per heavy atom. The number of aromatic amines is 1. The zero-order valence-corrected chi connectivity index (χ0v) is 24.8. The molecule has 4 aromatic rings. The third-order valence-corrected chi connectivity index (χ3v) is 8.76. The molecule has 0 spiro atoms. The van der Waals surface area contributed by atoms with Crippen LogP contribution in [0.1, 0.15) is 52.0 Å². The van der Waals surface area contributed by atoms with Gasteiger partial charge >= 0.3 is 12.2 Å². The Hall–Kier alpha value is -4.16. The maximum Gasteiger partial charge on any atom is 0.439 e. The number of halogens is 2. The van der Waals surface area contributed by atoms with Crippen LogP contribution in [0.15, 0.2) is 33.8 Å². The molecule has 13 heteroatoms. The van der Waals surface area contributed by atoms with Crippen molar-refractivity contribution in [2.45, 2.75) is 78.4 Å². The summed E-state index contributed by atoms with van der Waals surface area (Å²) in [5, 5.41) is 3.86. The third-order valence-electron chi connectivity index (χ3n) is 8.76. The van der Waals surface area contributed by atoms with Crippen LogP contribution < -0.4 is 10.7 Å². The second kappa shape index (κ2) is 11.5. The number of nitrogens with zero attached hydrogens (tertiary/aromatic N) is 7. The number of aryl methyl sites for hydroxylation is 1. The molecule has 0 unspecified atom stereocenters. The van der Waals surface area contributed by atoms with Gasteiger partial charge in [-0.3, -0.25) is 19.3 Å². The number of nitrogens with one attached hydrogen (secondary N) is 1. The first-order chi connectivity index (χ1) is 20.6. The first kappa shape index (κ1) is 28.9. The highest BCUT2D eigenvalue weighted by molar-refractivity contribution is 5.94. The van der Waals surface area contributed by atoms with Gasteiger partial charge in [0.1, 0.15) is 5.69 Å². The number of hydrogen-bond donors (Lipinski definition) is 1. The summed E-state index contributed by atoms with van der Waals surface area (Å²) in [6.45, 7) is 9.15. The summed E-state index contributed by atoms with van der Waals surface area (Å²) < 4.78 is 33.6. The maximum atomic E-state index is 13.3. The summed E-state index contributed by atoms with van der Waals surface area (Å²) in [6, 6.07) is 3.25. The van der Waals surface area contributed by atoms with E-state index < -0.39 is 18.1 Å². The van der Waals surface area contributed by atoms with Crippen molar-refractivity contribution in [3.8, 4) is 22.8 Å². The molecule has 0 aromatic carbocycles. The molecule has 1 aliphatic heterocycles. The number of carbonyl (C=O) groups excluding carboxylic acids is 1. The van der Waals surface area contributed by atoms with Crippen molar-refractivity contribution in [3.05, 3.63) is 40.6 Å². The van der Waals surface area contributed by atoms with Gasteiger partial charge in [0.2, 0.25) is 11.8 Å². The highest BCUT2D eigenvalue weighted by Gasteiger charge is 2.38. The van der Waals surface area contributed by atoms with Gasteiger partial charge in [-0.2, -0.15) is 8.78 Å². The fraction of sp³-hybridized carbons (Fsp3) is 0.533. The van der Waals surface area contributed by atoms with E-state index in [2.05, 4.69) is 31.5 Å². The Balaban J connectivity index is 1.54. The van der Waals surface area contributed by atoms with E-state index in [1.807, 2.05) is 26.8 Å². The highest BCUT2D eigenvalue weighted by Crippen LogP contribution is 2.38. The van der Waals surface area contributed by atoms with Gasteiger partial charge in [-0.15, -0.1) is 0 Å². The number of hydrogen-bond acceptors (Lipinski definition) is 8. The van der Waals surface area contributed by atoms with Crippen molar-refractivity contribution < 1.29 is 18.1 Å². The molecule has 11 nitrogen and oxygen atoms in total. The van der Waals surface area contributed by atoms with E-state index in [4.69, 9.17) is 14.5 Å². The maximum absolute atomic E-state index is 13.3. The zero-order valence-electron chi connectivity index (χ0n) is 24.8. The number of aromatic nitrogens is 6. The van der Waals surface area contributed by atoms with E-state index in [-0.39, 0.29) is 31.0 Å². The lowest BCUT2D eigenvalue weighted by molar-refractivity contribution is -0.144. The van der Waals surface area contributed by atoms with Gasteiger partial charge < -0.3 is 14.4 Å². The van der Waals surface area contributed by atoms with Gasteiger partial charge in [0, 0.05) is 49.7 Å². The second-order valence-electron chi connectivity index (χ2n) is 12.2. The molecule has 1 aliphatic carbocycles. The molecule has 4 aromatic heterocycles. The van der Waals surface area contributed by atoms with Gasteiger partial charge in [-0.25, -0.2) is 14.8 Å². The van der Waals surface area contributed by atoms with Gasteiger partial charge in [-0.05, 0) is 63.1 Å². The molecule has 1 N–H and O–H groups in total. The highest BCUT2D eigenvalue weighted by atomic mass is 19.3. The molecule has 6 rings (SSSR count). The first-order valence-corrected chi connectivity index (χ1v) is 14.8. The van der Waals surface area contributed by atoms with Crippen LogP contribution in [0.3, 0.4) is 0 Å². The van der Waals surface area contributed by atoms with E-state index in [1.54, 1.807) is 18.5 Å². The molecule has 1 saturated heterocycles. The average Bonchev–Trinajstić information content (AvgIpc) is 3.56. The predicted molar refractivity (Wildman–Crippen MR) is 157 cm³/mol.